The van der Waals surface area contributed by atoms with Crippen LogP contribution in [0.5, 0.6) is 0 Å². The summed E-state index contributed by atoms with van der Waals surface area (Å²) in [5.41, 5.74) is 2.95. The highest BCUT2D eigenvalue weighted by molar-refractivity contribution is 8.01. The number of carbonyl (C=O) groups excluding carboxylic acids is 1. The van der Waals surface area contributed by atoms with Crippen molar-refractivity contribution in [2.24, 2.45) is 7.05 Å². The van der Waals surface area contributed by atoms with Crippen LogP contribution in [0.3, 0.4) is 0 Å². The molecule has 0 unspecified atom stereocenters. The molecule has 2 amide bonds. The molecular weight excluding hydrogens is 448 g/mol. The van der Waals surface area contributed by atoms with Crippen LogP contribution in [0.1, 0.15) is 35.3 Å². The first kappa shape index (κ1) is 22.2. The number of nitrogens with zero attached hydrogens (tertiary/aromatic N) is 4. The van der Waals surface area contributed by atoms with E-state index in [0.717, 1.165) is 47.1 Å². The van der Waals surface area contributed by atoms with Crippen LogP contribution >= 0.6 is 23.1 Å². The first-order chi connectivity index (χ1) is 15.4. The van der Waals surface area contributed by atoms with Crippen molar-refractivity contribution in [3.63, 3.8) is 0 Å². The number of aryl methyl sites for hydroxylation is 2. The van der Waals surface area contributed by atoms with Gasteiger partial charge in [0, 0.05) is 26.3 Å². The molecule has 0 spiro atoms. The number of anilines is 3. The van der Waals surface area contributed by atoms with Gasteiger partial charge in [0.15, 0.2) is 16.0 Å². The standard InChI is InChI=1S/C21H24N6O3S2/c1-13-6-7-14(16(10-13)27-8-4-3-5-9-27)23-19(30)25-20-22-11-17(31-20)32-21-24-15(18(28)29)12-26(21)2/h6-7,10-12H,3-5,8-9H2,1-2H3,(H,28,29)(H2,22,23,25,30). The van der Waals surface area contributed by atoms with Crippen LogP contribution < -0.4 is 15.5 Å². The van der Waals surface area contributed by atoms with Crippen molar-refractivity contribution in [1.82, 2.24) is 14.5 Å². The van der Waals surface area contributed by atoms with Crippen molar-refractivity contribution >= 4 is 51.6 Å². The Labute approximate surface area is 193 Å². The number of thiazole rings is 1. The maximum absolute atomic E-state index is 12.6. The lowest BCUT2D eigenvalue weighted by atomic mass is 10.1. The Kier molecular flexibility index (Phi) is 6.66. The number of carbonyl (C=O) groups is 2. The molecule has 9 nitrogen and oxygen atoms in total. The molecule has 4 rings (SSSR count). The number of carboxylic acid groups (broad SMARTS) is 1. The van der Waals surface area contributed by atoms with Crippen molar-refractivity contribution < 1.29 is 14.7 Å². The molecule has 1 aliphatic heterocycles. The zero-order chi connectivity index (χ0) is 22.7. The van der Waals surface area contributed by atoms with Crippen molar-refractivity contribution in [3.8, 4) is 0 Å². The van der Waals surface area contributed by atoms with Crippen molar-refractivity contribution in [1.29, 1.82) is 0 Å². The summed E-state index contributed by atoms with van der Waals surface area (Å²) < 4.78 is 2.43. The van der Waals surface area contributed by atoms with Crippen LogP contribution in [0, 0.1) is 6.92 Å². The van der Waals surface area contributed by atoms with Gasteiger partial charge in [0.05, 0.1) is 21.8 Å². The molecule has 168 valence electrons. The molecular formula is C21H24N6O3S2. The second-order valence-electron chi connectivity index (χ2n) is 7.56. The first-order valence-corrected chi connectivity index (χ1v) is 11.9. The van der Waals surface area contributed by atoms with Gasteiger partial charge in [-0.3, -0.25) is 5.32 Å². The topological polar surface area (TPSA) is 112 Å². The van der Waals surface area contributed by atoms with Gasteiger partial charge in [-0.15, -0.1) is 0 Å². The minimum Gasteiger partial charge on any atom is -0.476 e. The molecule has 1 fully saturated rings. The van der Waals surface area contributed by atoms with Gasteiger partial charge in [-0.25, -0.2) is 19.6 Å². The quantitative estimate of drug-likeness (QED) is 0.478. The van der Waals surface area contributed by atoms with Crippen LogP contribution in [-0.4, -0.2) is 44.7 Å². The minimum atomic E-state index is -1.07. The monoisotopic (exact) mass is 472 g/mol. The summed E-state index contributed by atoms with van der Waals surface area (Å²) in [6.45, 7) is 4.03. The number of hydrogen-bond acceptors (Lipinski definition) is 7. The Morgan fingerprint density at radius 3 is 2.69 bits per heavy atom. The van der Waals surface area contributed by atoms with Crippen LogP contribution in [0.2, 0.25) is 0 Å². The van der Waals surface area contributed by atoms with Gasteiger partial charge in [-0.1, -0.05) is 17.4 Å². The highest BCUT2D eigenvalue weighted by Crippen LogP contribution is 2.34. The number of piperidine rings is 1. The molecule has 0 saturated carbocycles. The van der Waals surface area contributed by atoms with Gasteiger partial charge in [-0.2, -0.15) is 0 Å². The Morgan fingerprint density at radius 2 is 1.97 bits per heavy atom. The number of imidazole rings is 1. The number of nitrogens with one attached hydrogen (secondary N) is 2. The summed E-state index contributed by atoms with van der Waals surface area (Å²) in [4.78, 5) is 34.4. The molecule has 2 aromatic heterocycles. The average molecular weight is 473 g/mol. The Bertz CT molecular complexity index is 1140. The number of rotatable bonds is 6. The Hall–Kier alpha value is -3.05. The van der Waals surface area contributed by atoms with E-state index in [4.69, 9.17) is 5.11 Å². The molecule has 0 radical (unpaired) electrons. The Balaban J connectivity index is 1.41. The molecule has 3 aromatic rings. The second kappa shape index (κ2) is 9.61. The summed E-state index contributed by atoms with van der Waals surface area (Å²) in [5.74, 6) is -1.07. The van der Waals surface area contributed by atoms with Crippen molar-refractivity contribution in [3.05, 3.63) is 41.9 Å². The van der Waals surface area contributed by atoms with E-state index in [1.165, 1.54) is 35.7 Å². The van der Waals surface area contributed by atoms with Gasteiger partial charge in [0.2, 0.25) is 0 Å². The number of carboxylic acids is 1. The zero-order valence-corrected chi connectivity index (χ0v) is 19.4. The van der Waals surface area contributed by atoms with Crippen molar-refractivity contribution in [2.45, 2.75) is 35.6 Å². The summed E-state index contributed by atoms with van der Waals surface area (Å²) in [6, 6.07) is 5.67. The smallest absolute Gasteiger partial charge is 0.356 e. The number of urea groups is 1. The lowest BCUT2D eigenvalue weighted by Gasteiger charge is -2.30. The maximum atomic E-state index is 12.6. The number of aromatic carboxylic acids is 1. The fourth-order valence-electron chi connectivity index (χ4n) is 3.50. The lowest BCUT2D eigenvalue weighted by Crippen LogP contribution is -2.31. The van der Waals surface area contributed by atoms with E-state index in [1.54, 1.807) is 17.8 Å². The third-order valence-corrected chi connectivity index (χ3v) is 7.12. The van der Waals surface area contributed by atoms with E-state index in [9.17, 15) is 9.59 Å². The SMILES string of the molecule is Cc1ccc(NC(=O)Nc2ncc(Sc3nc(C(=O)O)cn3C)s2)c(N2CCCCC2)c1. The molecule has 32 heavy (non-hydrogen) atoms. The largest absolute Gasteiger partial charge is 0.476 e. The fraction of sp³-hybridized carbons (Fsp3) is 0.333. The molecule has 1 aliphatic rings. The summed E-state index contributed by atoms with van der Waals surface area (Å²) in [6.07, 6.45) is 6.64. The normalized spacial score (nSPS) is 13.8. The third kappa shape index (κ3) is 5.22. The van der Waals surface area contributed by atoms with Crippen LogP contribution in [0.4, 0.5) is 21.3 Å². The maximum Gasteiger partial charge on any atom is 0.356 e. The molecule has 1 aromatic carbocycles. The van der Waals surface area contributed by atoms with Crippen LogP contribution in [0.15, 0.2) is 40.0 Å². The summed E-state index contributed by atoms with van der Waals surface area (Å²) in [5, 5.41) is 15.8. The van der Waals surface area contributed by atoms with Gasteiger partial charge < -0.3 is 19.9 Å². The summed E-state index contributed by atoms with van der Waals surface area (Å²) >= 11 is 2.59. The number of benzene rings is 1. The van der Waals surface area contributed by atoms with E-state index < -0.39 is 5.97 Å². The predicted molar refractivity (Wildman–Crippen MR) is 126 cm³/mol. The molecule has 0 aliphatic carbocycles. The van der Waals surface area contributed by atoms with Crippen LogP contribution in [-0.2, 0) is 7.05 Å². The van der Waals surface area contributed by atoms with Crippen LogP contribution in [0.25, 0.3) is 0 Å². The molecule has 11 heteroatoms. The molecule has 0 atom stereocenters. The van der Waals surface area contributed by atoms with Gasteiger partial charge in [0.25, 0.3) is 0 Å². The minimum absolute atomic E-state index is 0.0140. The van der Waals surface area contributed by atoms with E-state index in [1.807, 2.05) is 19.1 Å². The lowest BCUT2D eigenvalue weighted by molar-refractivity contribution is 0.0690. The second-order valence-corrected chi connectivity index (χ2v) is 9.86. The Morgan fingerprint density at radius 1 is 1.19 bits per heavy atom. The third-order valence-electron chi connectivity index (χ3n) is 5.05. The zero-order valence-electron chi connectivity index (χ0n) is 17.8. The van der Waals surface area contributed by atoms with Gasteiger partial charge >= 0.3 is 12.0 Å². The van der Waals surface area contributed by atoms with Gasteiger partial charge in [-0.05, 0) is 55.6 Å². The first-order valence-electron chi connectivity index (χ1n) is 10.2. The molecule has 3 N–H and O–H groups in total. The van der Waals surface area contributed by atoms with E-state index in [-0.39, 0.29) is 11.7 Å². The van der Waals surface area contributed by atoms with Crippen molar-refractivity contribution in [2.75, 3.05) is 28.6 Å². The highest BCUT2D eigenvalue weighted by atomic mass is 32.2. The van der Waals surface area contributed by atoms with Gasteiger partial charge in [0.1, 0.15) is 0 Å². The molecule has 3 heterocycles. The summed E-state index contributed by atoms with van der Waals surface area (Å²) in [7, 11) is 1.73. The predicted octanol–water partition coefficient (Wildman–Crippen LogP) is 4.67. The molecule has 0 bridgehead atoms. The fourth-order valence-corrected chi connectivity index (χ4v) is 5.29. The molecule has 1 saturated heterocycles. The highest BCUT2D eigenvalue weighted by Gasteiger charge is 2.17. The number of amides is 2. The van der Waals surface area contributed by atoms with E-state index >= 15 is 0 Å². The van der Waals surface area contributed by atoms with E-state index in [0.29, 0.717) is 10.3 Å². The number of hydrogen-bond donors (Lipinski definition) is 3. The van der Waals surface area contributed by atoms with E-state index in [2.05, 4.69) is 31.6 Å². The number of aromatic nitrogens is 3. The average Bonchev–Trinajstić information content (AvgIpc) is 3.36.